The van der Waals surface area contributed by atoms with Crippen LogP contribution in [0.5, 0.6) is 11.5 Å². The van der Waals surface area contributed by atoms with Gasteiger partial charge in [0.25, 0.3) is 0 Å². The number of hydrogen-bond acceptors (Lipinski definition) is 3. The lowest BCUT2D eigenvalue weighted by molar-refractivity contribution is 0.319. The van der Waals surface area contributed by atoms with Crippen LogP contribution in [0.2, 0.25) is 0 Å². The lowest BCUT2D eigenvalue weighted by Gasteiger charge is -2.10. The van der Waals surface area contributed by atoms with Crippen LogP contribution in [0, 0.1) is 6.92 Å². The Morgan fingerprint density at radius 2 is 2.36 bits per heavy atom. The number of fused-ring (bicyclic) bond motifs is 1. The van der Waals surface area contributed by atoms with Crippen molar-refractivity contribution >= 4 is 0 Å². The Morgan fingerprint density at radius 3 is 3.07 bits per heavy atom. The van der Waals surface area contributed by atoms with Crippen molar-refractivity contribution in [2.75, 3.05) is 13.2 Å². The Morgan fingerprint density at radius 1 is 1.57 bits per heavy atom. The van der Waals surface area contributed by atoms with Gasteiger partial charge in [-0.3, -0.25) is 0 Å². The van der Waals surface area contributed by atoms with Crippen LogP contribution in [0.1, 0.15) is 24.1 Å². The predicted octanol–water partition coefficient (Wildman–Crippen LogP) is 1.79. The summed E-state index contributed by atoms with van der Waals surface area (Å²) in [6, 6.07) is 3.97. The molecule has 0 fully saturated rings. The topological polar surface area (TPSA) is 44.5 Å². The Hall–Kier alpha value is -1.22. The first-order valence-corrected chi connectivity index (χ1v) is 4.88. The maximum atomic E-state index is 5.87. The van der Waals surface area contributed by atoms with Crippen LogP contribution in [0.15, 0.2) is 12.1 Å². The molecule has 1 aromatic rings. The van der Waals surface area contributed by atoms with Gasteiger partial charge in [-0.1, -0.05) is 0 Å². The van der Waals surface area contributed by atoms with E-state index in [0.717, 1.165) is 22.6 Å². The lowest BCUT2D eigenvalue weighted by atomic mass is 10.1. The number of benzene rings is 1. The van der Waals surface area contributed by atoms with Crippen molar-refractivity contribution in [1.82, 2.24) is 0 Å². The Kier molecular flexibility index (Phi) is 2.33. The van der Waals surface area contributed by atoms with Gasteiger partial charge in [0.05, 0.1) is 12.6 Å². The summed E-state index contributed by atoms with van der Waals surface area (Å²) < 4.78 is 11.0. The molecule has 0 radical (unpaired) electrons. The molecule has 0 saturated heterocycles. The molecule has 14 heavy (non-hydrogen) atoms. The summed E-state index contributed by atoms with van der Waals surface area (Å²) in [4.78, 5) is 0. The molecule has 1 aromatic carbocycles. The van der Waals surface area contributed by atoms with E-state index in [2.05, 4.69) is 0 Å². The quantitative estimate of drug-likeness (QED) is 0.778. The third-order valence-electron chi connectivity index (χ3n) is 2.49. The molecule has 0 spiro atoms. The molecule has 3 nitrogen and oxygen atoms in total. The van der Waals surface area contributed by atoms with Gasteiger partial charge in [0, 0.05) is 11.1 Å². The average molecular weight is 193 g/mol. The van der Waals surface area contributed by atoms with Gasteiger partial charge in [-0.15, -0.1) is 0 Å². The van der Waals surface area contributed by atoms with Crippen molar-refractivity contribution in [3.05, 3.63) is 23.3 Å². The molecule has 0 saturated carbocycles. The van der Waals surface area contributed by atoms with Crippen molar-refractivity contribution in [1.29, 1.82) is 0 Å². The maximum Gasteiger partial charge on any atom is 0.130 e. The van der Waals surface area contributed by atoms with E-state index in [0.29, 0.717) is 13.2 Å². The number of hydrogen-bond donors (Lipinski definition) is 1. The minimum atomic E-state index is 0.0133. The van der Waals surface area contributed by atoms with Crippen LogP contribution in [0.3, 0.4) is 0 Å². The highest BCUT2D eigenvalue weighted by Gasteiger charge is 2.23. The zero-order chi connectivity index (χ0) is 10.1. The summed E-state index contributed by atoms with van der Waals surface area (Å²) in [6.45, 7) is 5.22. The van der Waals surface area contributed by atoms with Crippen LogP contribution in [-0.2, 0) is 0 Å². The van der Waals surface area contributed by atoms with Gasteiger partial charge in [-0.25, -0.2) is 0 Å². The lowest BCUT2D eigenvalue weighted by Crippen LogP contribution is -2.10. The molecule has 2 N–H and O–H groups in total. The van der Waals surface area contributed by atoms with Gasteiger partial charge in [0.1, 0.15) is 18.1 Å². The Balaban J connectivity index is 2.42. The van der Waals surface area contributed by atoms with Crippen molar-refractivity contribution in [3.63, 3.8) is 0 Å². The molecule has 2 rings (SSSR count). The van der Waals surface area contributed by atoms with Gasteiger partial charge in [0.15, 0.2) is 0 Å². The summed E-state index contributed by atoms with van der Waals surface area (Å²) in [5.74, 6) is 1.80. The van der Waals surface area contributed by atoms with E-state index in [1.54, 1.807) is 0 Å². The second-order valence-corrected chi connectivity index (χ2v) is 3.46. The molecule has 1 aliphatic heterocycles. The second-order valence-electron chi connectivity index (χ2n) is 3.46. The molecule has 76 valence electrons. The highest BCUT2D eigenvalue weighted by molar-refractivity contribution is 5.52. The van der Waals surface area contributed by atoms with Crippen LogP contribution < -0.4 is 15.2 Å². The molecule has 3 heteroatoms. The molecular weight excluding hydrogens is 178 g/mol. The normalized spacial score (nSPS) is 18.9. The standard InChI is InChI=1S/C11H15NO2/c1-3-13-10-5-4-8-9(12)6-14-11(8)7(10)2/h4-5,9H,3,6,12H2,1-2H3/t9-/m1/s1. The van der Waals surface area contributed by atoms with Gasteiger partial charge < -0.3 is 15.2 Å². The fraction of sp³-hybridized carbons (Fsp3) is 0.455. The number of rotatable bonds is 2. The van der Waals surface area contributed by atoms with Crippen molar-refractivity contribution in [3.8, 4) is 11.5 Å². The Bertz CT molecular complexity index is 349. The molecular formula is C11H15NO2. The third-order valence-corrected chi connectivity index (χ3v) is 2.49. The molecule has 0 amide bonds. The van der Waals surface area contributed by atoms with Crippen LogP contribution >= 0.6 is 0 Å². The van der Waals surface area contributed by atoms with Crippen molar-refractivity contribution < 1.29 is 9.47 Å². The van der Waals surface area contributed by atoms with Gasteiger partial charge in [-0.05, 0) is 26.0 Å². The molecule has 1 aliphatic rings. The summed E-state index contributed by atoms with van der Waals surface area (Å²) in [5, 5.41) is 0. The van der Waals surface area contributed by atoms with E-state index in [1.165, 1.54) is 0 Å². The summed E-state index contributed by atoms with van der Waals surface area (Å²) in [7, 11) is 0. The zero-order valence-corrected chi connectivity index (χ0v) is 8.54. The smallest absolute Gasteiger partial charge is 0.130 e. The number of nitrogens with two attached hydrogens (primary N) is 1. The zero-order valence-electron chi connectivity index (χ0n) is 8.54. The molecule has 0 aromatic heterocycles. The van der Waals surface area contributed by atoms with Gasteiger partial charge >= 0.3 is 0 Å². The van der Waals surface area contributed by atoms with Crippen LogP contribution in [0.4, 0.5) is 0 Å². The highest BCUT2D eigenvalue weighted by atomic mass is 16.5. The fourth-order valence-electron chi connectivity index (χ4n) is 1.75. The van der Waals surface area contributed by atoms with Crippen molar-refractivity contribution in [2.24, 2.45) is 5.73 Å². The van der Waals surface area contributed by atoms with E-state index in [9.17, 15) is 0 Å². The van der Waals surface area contributed by atoms with E-state index < -0.39 is 0 Å². The van der Waals surface area contributed by atoms with E-state index in [-0.39, 0.29) is 6.04 Å². The highest BCUT2D eigenvalue weighted by Crippen LogP contribution is 2.38. The van der Waals surface area contributed by atoms with Gasteiger partial charge in [-0.2, -0.15) is 0 Å². The first-order chi connectivity index (χ1) is 6.74. The van der Waals surface area contributed by atoms with E-state index in [4.69, 9.17) is 15.2 Å². The van der Waals surface area contributed by atoms with E-state index >= 15 is 0 Å². The SMILES string of the molecule is CCOc1ccc2c(c1C)OC[C@H]2N. The molecule has 1 heterocycles. The first-order valence-electron chi connectivity index (χ1n) is 4.88. The summed E-state index contributed by atoms with van der Waals surface area (Å²) in [6.07, 6.45) is 0. The molecule has 0 aliphatic carbocycles. The third kappa shape index (κ3) is 1.34. The van der Waals surface area contributed by atoms with E-state index in [1.807, 2.05) is 26.0 Å². The molecule has 0 unspecified atom stereocenters. The fourth-order valence-corrected chi connectivity index (χ4v) is 1.75. The second kappa shape index (κ2) is 3.50. The summed E-state index contributed by atoms with van der Waals surface area (Å²) in [5.41, 5.74) is 8.02. The minimum absolute atomic E-state index is 0.0133. The number of ether oxygens (including phenoxy) is 2. The van der Waals surface area contributed by atoms with Crippen molar-refractivity contribution in [2.45, 2.75) is 19.9 Å². The Labute approximate surface area is 83.8 Å². The summed E-state index contributed by atoms with van der Waals surface area (Å²) >= 11 is 0. The minimum Gasteiger partial charge on any atom is -0.493 e. The largest absolute Gasteiger partial charge is 0.493 e. The molecule has 1 atom stereocenters. The van der Waals surface area contributed by atoms with Crippen LogP contribution in [-0.4, -0.2) is 13.2 Å². The maximum absolute atomic E-state index is 5.87. The van der Waals surface area contributed by atoms with Gasteiger partial charge in [0.2, 0.25) is 0 Å². The molecule has 0 bridgehead atoms. The predicted molar refractivity (Wildman–Crippen MR) is 54.8 cm³/mol. The van der Waals surface area contributed by atoms with Crippen LogP contribution in [0.25, 0.3) is 0 Å². The average Bonchev–Trinajstić information content (AvgIpc) is 2.54. The monoisotopic (exact) mass is 193 g/mol. The first kappa shape index (κ1) is 9.34.